The molecular formula is C12H22N2O4S. The molecular weight excluding hydrogens is 268 g/mol. The maximum absolute atomic E-state index is 12.5. The molecule has 0 aliphatic carbocycles. The fourth-order valence-corrected chi connectivity index (χ4v) is 4.17. The van der Waals surface area contributed by atoms with E-state index in [9.17, 15) is 18.3 Å². The number of amides is 1. The van der Waals surface area contributed by atoms with Crippen molar-refractivity contribution >= 4 is 15.9 Å². The maximum atomic E-state index is 12.5. The van der Waals surface area contributed by atoms with Crippen LogP contribution in [0.15, 0.2) is 0 Å². The van der Waals surface area contributed by atoms with Crippen molar-refractivity contribution in [2.45, 2.75) is 44.2 Å². The van der Waals surface area contributed by atoms with Gasteiger partial charge in [-0.05, 0) is 32.1 Å². The topological polar surface area (TPSA) is 77.9 Å². The summed E-state index contributed by atoms with van der Waals surface area (Å²) in [6, 6.07) is -0.717. The highest BCUT2D eigenvalue weighted by atomic mass is 32.2. The summed E-state index contributed by atoms with van der Waals surface area (Å²) >= 11 is 0. The lowest BCUT2D eigenvalue weighted by atomic mass is 10.0. The molecule has 0 aromatic rings. The number of nitrogens with zero attached hydrogens (tertiary/aromatic N) is 2. The number of aliphatic hydroxyl groups is 1. The zero-order chi connectivity index (χ0) is 14.0. The second-order valence-corrected chi connectivity index (χ2v) is 7.33. The van der Waals surface area contributed by atoms with E-state index in [0.29, 0.717) is 19.5 Å². The molecule has 2 heterocycles. The number of hydrogen-bond acceptors (Lipinski definition) is 4. The fourth-order valence-electron chi connectivity index (χ4n) is 3.06. The Morgan fingerprint density at radius 1 is 1.21 bits per heavy atom. The highest BCUT2D eigenvalue weighted by molar-refractivity contribution is 7.88. The van der Waals surface area contributed by atoms with E-state index in [1.807, 2.05) is 0 Å². The average Bonchev–Trinajstić information content (AvgIpc) is 2.87. The van der Waals surface area contributed by atoms with Crippen molar-refractivity contribution in [3.8, 4) is 0 Å². The Morgan fingerprint density at radius 2 is 1.95 bits per heavy atom. The van der Waals surface area contributed by atoms with Gasteiger partial charge in [-0.2, -0.15) is 4.31 Å². The second-order valence-electron chi connectivity index (χ2n) is 5.40. The molecule has 0 radical (unpaired) electrons. The summed E-state index contributed by atoms with van der Waals surface area (Å²) in [6.45, 7) is 1.00. The van der Waals surface area contributed by atoms with Crippen molar-refractivity contribution in [2.75, 3.05) is 26.0 Å². The summed E-state index contributed by atoms with van der Waals surface area (Å²) in [4.78, 5) is 14.2. The number of likely N-dealkylation sites (tertiary alicyclic amines) is 1. The molecule has 6 nitrogen and oxygen atoms in total. The second kappa shape index (κ2) is 5.76. The number of carbonyl (C=O) groups excluding carboxylic acids is 1. The van der Waals surface area contributed by atoms with Gasteiger partial charge in [-0.15, -0.1) is 0 Å². The molecule has 7 heteroatoms. The van der Waals surface area contributed by atoms with Crippen LogP contribution in [0.1, 0.15) is 32.1 Å². The molecule has 1 N–H and O–H groups in total. The Balaban J connectivity index is 2.14. The van der Waals surface area contributed by atoms with Crippen molar-refractivity contribution in [3.05, 3.63) is 0 Å². The molecule has 0 spiro atoms. The average molecular weight is 290 g/mol. The van der Waals surface area contributed by atoms with Crippen LogP contribution in [-0.4, -0.2) is 66.7 Å². The number of rotatable bonds is 3. The summed E-state index contributed by atoms with van der Waals surface area (Å²) in [7, 11) is -3.34. The Bertz CT molecular complexity index is 437. The number of aliphatic hydroxyl groups excluding tert-OH is 1. The molecule has 0 aromatic heterocycles. The molecule has 1 amide bonds. The minimum atomic E-state index is -3.34. The van der Waals surface area contributed by atoms with E-state index < -0.39 is 16.1 Å². The third-order valence-corrected chi connectivity index (χ3v) is 5.32. The van der Waals surface area contributed by atoms with Crippen LogP contribution in [0.4, 0.5) is 0 Å². The van der Waals surface area contributed by atoms with E-state index in [1.165, 1.54) is 4.31 Å². The molecule has 2 aliphatic heterocycles. The molecule has 19 heavy (non-hydrogen) atoms. The quantitative estimate of drug-likeness (QED) is 0.780. The molecule has 2 fully saturated rings. The zero-order valence-electron chi connectivity index (χ0n) is 11.3. The van der Waals surface area contributed by atoms with Crippen LogP contribution in [0.25, 0.3) is 0 Å². The van der Waals surface area contributed by atoms with Gasteiger partial charge in [0.1, 0.15) is 6.04 Å². The SMILES string of the molecule is CS(=O)(=O)N1CCCC1C(=O)N1CCCCC1CO. The third kappa shape index (κ3) is 3.09. The Labute approximate surface area is 114 Å². The monoisotopic (exact) mass is 290 g/mol. The Hall–Kier alpha value is -0.660. The molecule has 2 saturated heterocycles. The van der Waals surface area contributed by atoms with Crippen LogP contribution >= 0.6 is 0 Å². The fraction of sp³-hybridized carbons (Fsp3) is 0.917. The van der Waals surface area contributed by atoms with Crippen LogP contribution in [0, 0.1) is 0 Å². The van der Waals surface area contributed by atoms with Crippen molar-refractivity contribution in [2.24, 2.45) is 0 Å². The van der Waals surface area contributed by atoms with Crippen molar-refractivity contribution < 1.29 is 18.3 Å². The highest BCUT2D eigenvalue weighted by Crippen LogP contribution is 2.25. The molecule has 2 aliphatic rings. The van der Waals surface area contributed by atoms with Gasteiger partial charge in [0, 0.05) is 13.1 Å². The van der Waals surface area contributed by atoms with Gasteiger partial charge in [0.2, 0.25) is 15.9 Å². The van der Waals surface area contributed by atoms with Gasteiger partial charge < -0.3 is 10.0 Å². The smallest absolute Gasteiger partial charge is 0.241 e. The number of carbonyl (C=O) groups is 1. The van der Waals surface area contributed by atoms with Gasteiger partial charge in [0.25, 0.3) is 0 Å². The van der Waals surface area contributed by atoms with Crippen LogP contribution < -0.4 is 0 Å². The van der Waals surface area contributed by atoms with Crippen molar-refractivity contribution in [3.63, 3.8) is 0 Å². The number of piperidine rings is 1. The third-order valence-electron chi connectivity index (χ3n) is 4.04. The van der Waals surface area contributed by atoms with Gasteiger partial charge in [-0.1, -0.05) is 0 Å². The molecule has 2 unspecified atom stereocenters. The molecule has 0 aromatic carbocycles. The first-order valence-corrected chi connectivity index (χ1v) is 8.68. The largest absolute Gasteiger partial charge is 0.394 e. The van der Waals surface area contributed by atoms with E-state index in [2.05, 4.69) is 0 Å². The van der Waals surface area contributed by atoms with E-state index in [1.54, 1.807) is 4.90 Å². The van der Waals surface area contributed by atoms with Gasteiger partial charge in [0.05, 0.1) is 18.9 Å². The standard InChI is InChI=1S/C12H22N2O4S/c1-19(17,18)14-8-4-6-11(14)12(16)13-7-3-2-5-10(13)9-15/h10-11,15H,2-9H2,1H3. The minimum Gasteiger partial charge on any atom is -0.394 e. The maximum Gasteiger partial charge on any atom is 0.241 e. The van der Waals surface area contributed by atoms with E-state index in [-0.39, 0.29) is 18.6 Å². The molecule has 2 rings (SSSR count). The van der Waals surface area contributed by atoms with Crippen LogP contribution in [0.5, 0.6) is 0 Å². The van der Waals surface area contributed by atoms with Crippen molar-refractivity contribution in [1.29, 1.82) is 0 Å². The predicted octanol–water partition coefficient (Wildman–Crippen LogP) is -0.216. The normalized spacial score (nSPS) is 29.7. The summed E-state index contributed by atoms with van der Waals surface area (Å²) in [6.07, 6.45) is 5.19. The van der Waals surface area contributed by atoms with Crippen LogP contribution in [0.3, 0.4) is 0 Å². The Kier molecular flexibility index (Phi) is 4.47. The summed E-state index contributed by atoms with van der Waals surface area (Å²) in [5, 5.41) is 9.35. The lowest BCUT2D eigenvalue weighted by molar-refractivity contribution is -0.139. The highest BCUT2D eigenvalue weighted by Gasteiger charge is 2.40. The summed E-state index contributed by atoms with van der Waals surface area (Å²) in [5.74, 6) is -0.137. The van der Waals surface area contributed by atoms with Gasteiger partial charge in [-0.25, -0.2) is 8.42 Å². The van der Waals surface area contributed by atoms with Crippen molar-refractivity contribution in [1.82, 2.24) is 9.21 Å². The summed E-state index contributed by atoms with van der Waals surface area (Å²) < 4.78 is 24.7. The van der Waals surface area contributed by atoms with E-state index in [0.717, 1.165) is 31.9 Å². The van der Waals surface area contributed by atoms with Crippen LogP contribution in [0.2, 0.25) is 0 Å². The minimum absolute atomic E-state index is 0.0443. The lowest BCUT2D eigenvalue weighted by Gasteiger charge is -2.37. The zero-order valence-corrected chi connectivity index (χ0v) is 12.1. The number of hydrogen-bond donors (Lipinski definition) is 1. The van der Waals surface area contributed by atoms with Gasteiger partial charge >= 0.3 is 0 Å². The van der Waals surface area contributed by atoms with E-state index in [4.69, 9.17) is 0 Å². The molecule has 0 saturated carbocycles. The predicted molar refractivity (Wildman–Crippen MR) is 71.0 cm³/mol. The lowest BCUT2D eigenvalue weighted by Crippen LogP contribution is -2.53. The first-order valence-electron chi connectivity index (χ1n) is 6.83. The molecule has 2 atom stereocenters. The van der Waals surface area contributed by atoms with Crippen LogP contribution in [-0.2, 0) is 14.8 Å². The first-order chi connectivity index (χ1) is 8.95. The van der Waals surface area contributed by atoms with E-state index >= 15 is 0 Å². The van der Waals surface area contributed by atoms with Gasteiger partial charge in [-0.3, -0.25) is 4.79 Å². The first kappa shape index (κ1) is 14.7. The Morgan fingerprint density at radius 3 is 2.58 bits per heavy atom. The summed E-state index contributed by atoms with van der Waals surface area (Å²) in [5.41, 5.74) is 0. The molecule has 110 valence electrons. The molecule has 0 bridgehead atoms. The number of sulfonamides is 1. The van der Waals surface area contributed by atoms with Gasteiger partial charge in [0.15, 0.2) is 0 Å².